The van der Waals surface area contributed by atoms with Gasteiger partial charge in [0.25, 0.3) is 0 Å². The highest BCUT2D eigenvalue weighted by atomic mass is 16.2. The first-order chi connectivity index (χ1) is 12.0. The molecule has 2 aliphatic carbocycles. The van der Waals surface area contributed by atoms with Crippen LogP contribution in [0.5, 0.6) is 0 Å². The lowest BCUT2D eigenvalue weighted by atomic mass is 9.93. The fourth-order valence-electron chi connectivity index (χ4n) is 3.76. The lowest BCUT2D eigenvalue weighted by Gasteiger charge is -2.40. The van der Waals surface area contributed by atoms with E-state index in [2.05, 4.69) is 34.3 Å². The van der Waals surface area contributed by atoms with Crippen LogP contribution in [0.15, 0.2) is 6.20 Å². The van der Waals surface area contributed by atoms with E-state index in [0.29, 0.717) is 19.1 Å². The molecular weight excluding hydrogens is 318 g/mol. The van der Waals surface area contributed by atoms with Gasteiger partial charge in [0.1, 0.15) is 0 Å². The fourth-order valence-corrected chi connectivity index (χ4v) is 3.76. The van der Waals surface area contributed by atoms with Crippen LogP contribution in [0.3, 0.4) is 0 Å². The molecule has 1 aromatic heterocycles. The molecule has 25 heavy (non-hydrogen) atoms. The number of hydrogen-bond donors (Lipinski definition) is 2. The van der Waals surface area contributed by atoms with E-state index in [4.69, 9.17) is 0 Å². The lowest BCUT2D eigenvalue weighted by Crippen LogP contribution is -2.64. The van der Waals surface area contributed by atoms with Crippen LogP contribution in [0.4, 0.5) is 4.79 Å². The molecular formula is C18H27N5O2. The molecule has 3 aliphatic rings. The van der Waals surface area contributed by atoms with Gasteiger partial charge in [-0.15, -0.1) is 0 Å². The van der Waals surface area contributed by atoms with E-state index in [-0.39, 0.29) is 29.9 Å². The number of carbonyl (C=O) groups excluding carboxylic acids is 2. The Labute approximate surface area is 148 Å². The van der Waals surface area contributed by atoms with Crippen LogP contribution in [0, 0.1) is 5.92 Å². The molecule has 0 spiro atoms. The average Bonchev–Trinajstić information content (AvgIpc) is 3.29. The molecule has 1 atom stereocenters. The highest BCUT2D eigenvalue weighted by Crippen LogP contribution is 2.29. The molecule has 0 aromatic carbocycles. The van der Waals surface area contributed by atoms with Crippen LogP contribution in [-0.2, 0) is 17.6 Å². The number of nitrogens with zero attached hydrogens (tertiary/aromatic N) is 3. The first kappa shape index (κ1) is 16.4. The van der Waals surface area contributed by atoms with Crippen molar-refractivity contribution in [3.8, 4) is 0 Å². The molecule has 0 unspecified atom stereocenters. The summed E-state index contributed by atoms with van der Waals surface area (Å²) in [6, 6.07) is 0.610. The molecule has 7 heteroatoms. The molecule has 0 radical (unpaired) electrons. The molecule has 0 bridgehead atoms. The van der Waals surface area contributed by atoms with Crippen molar-refractivity contribution in [2.24, 2.45) is 5.92 Å². The largest absolute Gasteiger partial charge is 0.350 e. The van der Waals surface area contributed by atoms with Gasteiger partial charge in [-0.05, 0) is 45.1 Å². The Morgan fingerprint density at radius 3 is 2.60 bits per heavy atom. The minimum absolute atomic E-state index is 0.0130. The number of amides is 3. The van der Waals surface area contributed by atoms with E-state index >= 15 is 0 Å². The van der Waals surface area contributed by atoms with Gasteiger partial charge in [-0.1, -0.05) is 0 Å². The Morgan fingerprint density at radius 2 is 1.92 bits per heavy atom. The summed E-state index contributed by atoms with van der Waals surface area (Å²) in [5.41, 5.74) is 2.57. The summed E-state index contributed by atoms with van der Waals surface area (Å²) in [6.07, 6.45) is 6.76. The topological polar surface area (TPSA) is 79.3 Å². The standard InChI is InChI=1S/C18H27N5O2/c1-11(2)23-16-7-14(6-5-13(16)8-19-23)21-18(25)22-9-15(10-22)20-17(24)12-3-4-12/h8,11-12,14-15H,3-7,9-10H2,1-2H3,(H,20,24)(H,21,25)/t14-/m1/s1. The SMILES string of the molecule is CC(C)n1ncc2c1C[C@H](NC(=O)N1CC(NC(=O)C3CC3)C1)CC2. The maximum atomic E-state index is 12.4. The second kappa shape index (κ2) is 6.35. The summed E-state index contributed by atoms with van der Waals surface area (Å²) >= 11 is 0. The van der Waals surface area contributed by atoms with Gasteiger partial charge in [-0.25, -0.2) is 4.79 Å². The average molecular weight is 345 g/mol. The van der Waals surface area contributed by atoms with E-state index < -0.39 is 0 Å². The molecule has 1 saturated carbocycles. The van der Waals surface area contributed by atoms with Gasteiger partial charge >= 0.3 is 6.03 Å². The van der Waals surface area contributed by atoms with Crippen LogP contribution in [-0.4, -0.2) is 51.8 Å². The van der Waals surface area contributed by atoms with Crippen LogP contribution in [0.2, 0.25) is 0 Å². The molecule has 4 rings (SSSR count). The Morgan fingerprint density at radius 1 is 1.16 bits per heavy atom. The minimum Gasteiger partial charge on any atom is -0.350 e. The number of aromatic nitrogens is 2. The van der Waals surface area contributed by atoms with E-state index in [1.165, 1.54) is 11.3 Å². The Bertz CT molecular complexity index is 673. The fraction of sp³-hybridized carbons (Fsp3) is 0.722. The van der Waals surface area contributed by atoms with Crippen molar-refractivity contribution in [2.75, 3.05) is 13.1 Å². The molecule has 1 aromatic rings. The summed E-state index contributed by atoms with van der Waals surface area (Å²) in [4.78, 5) is 25.9. The third-order valence-electron chi connectivity index (χ3n) is 5.47. The van der Waals surface area contributed by atoms with E-state index in [0.717, 1.165) is 32.1 Å². The van der Waals surface area contributed by atoms with Crippen LogP contribution in [0.1, 0.15) is 50.4 Å². The third-order valence-corrected chi connectivity index (χ3v) is 5.47. The monoisotopic (exact) mass is 345 g/mol. The normalized spacial score (nSPS) is 23.2. The summed E-state index contributed by atoms with van der Waals surface area (Å²) in [5.74, 6) is 0.386. The summed E-state index contributed by atoms with van der Waals surface area (Å²) in [5, 5.41) is 10.7. The molecule has 7 nitrogen and oxygen atoms in total. The number of likely N-dealkylation sites (tertiary alicyclic amines) is 1. The van der Waals surface area contributed by atoms with Crippen molar-refractivity contribution in [2.45, 2.75) is 64.1 Å². The number of aryl methyl sites for hydroxylation is 1. The van der Waals surface area contributed by atoms with Crippen LogP contribution >= 0.6 is 0 Å². The number of carbonyl (C=O) groups is 2. The maximum Gasteiger partial charge on any atom is 0.317 e. The van der Waals surface area contributed by atoms with Crippen LogP contribution < -0.4 is 10.6 Å². The predicted octanol–water partition coefficient (Wildman–Crippen LogP) is 1.24. The second-order valence-corrected chi connectivity index (χ2v) is 7.93. The summed E-state index contributed by atoms with van der Waals surface area (Å²) in [6.45, 7) is 5.50. The highest BCUT2D eigenvalue weighted by Gasteiger charge is 2.37. The van der Waals surface area contributed by atoms with Crippen molar-refractivity contribution in [3.63, 3.8) is 0 Å². The lowest BCUT2D eigenvalue weighted by molar-refractivity contribution is -0.123. The molecule has 136 valence electrons. The third kappa shape index (κ3) is 3.37. The maximum absolute atomic E-state index is 12.4. The van der Waals surface area contributed by atoms with Crippen molar-refractivity contribution in [1.82, 2.24) is 25.3 Å². The molecule has 2 heterocycles. The number of rotatable bonds is 4. The Hall–Kier alpha value is -2.05. The minimum atomic E-state index is -0.0130. The second-order valence-electron chi connectivity index (χ2n) is 7.93. The quantitative estimate of drug-likeness (QED) is 0.862. The van der Waals surface area contributed by atoms with Crippen molar-refractivity contribution in [1.29, 1.82) is 0 Å². The van der Waals surface area contributed by atoms with Gasteiger partial charge in [0.05, 0.1) is 12.2 Å². The van der Waals surface area contributed by atoms with E-state index in [9.17, 15) is 9.59 Å². The van der Waals surface area contributed by atoms with Gasteiger partial charge < -0.3 is 15.5 Å². The molecule has 1 saturated heterocycles. The molecule has 3 amide bonds. The molecule has 1 aliphatic heterocycles. The van der Waals surface area contributed by atoms with E-state index in [1.54, 1.807) is 4.90 Å². The first-order valence-electron chi connectivity index (χ1n) is 9.42. The van der Waals surface area contributed by atoms with Gasteiger partial charge in [0, 0.05) is 43.2 Å². The van der Waals surface area contributed by atoms with Gasteiger partial charge in [0.2, 0.25) is 5.91 Å². The van der Waals surface area contributed by atoms with Gasteiger partial charge in [0.15, 0.2) is 0 Å². The smallest absolute Gasteiger partial charge is 0.317 e. The summed E-state index contributed by atoms with van der Waals surface area (Å²) in [7, 11) is 0. The number of hydrogen-bond acceptors (Lipinski definition) is 3. The number of urea groups is 1. The van der Waals surface area contributed by atoms with Gasteiger partial charge in [-0.2, -0.15) is 5.10 Å². The van der Waals surface area contributed by atoms with E-state index in [1.807, 2.05) is 6.20 Å². The zero-order valence-corrected chi connectivity index (χ0v) is 15.0. The Balaban J connectivity index is 1.26. The van der Waals surface area contributed by atoms with Gasteiger partial charge in [-0.3, -0.25) is 9.48 Å². The predicted molar refractivity (Wildman–Crippen MR) is 93.2 cm³/mol. The van der Waals surface area contributed by atoms with Crippen LogP contribution in [0.25, 0.3) is 0 Å². The first-order valence-corrected chi connectivity index (χ1v) is 9.42. The molecule has 2 N–H and O–H groups in total. The number of fused-ring (bicyclic) bond motifs is 1. The molecule has 2 fully saturated rings. The zero-order chi connectivity index (χ0) is 17.6. The number of nitrogens with one attached hydrogen (secondary N) is 2. The van der Waals surface area contributed by atoms with Crippen molar-refractivity contribution >= 4 is 11.9 Å². The highest BCUT2D eigenvalue weighted by molar-refractivity contribution is 5.82. The Kier molecular flexibility index (Phi) is 4.17. The van der Waals surface area contributed by atoms with Crippen molar-refractivity contribution in [3.05, 3.63) is 17.5 Å². The van der Waals surface area contributed by atoms with Crippen molar-refractivity contribution < 1.29 is 9.59 Å². The zero-order valence-electron chi connectivity index (χ0n) is 15.0. The summed E-state index contributed by atoms with van der Waals surface area (Å²) < 4.78 is 2.07.